The lowest BCUT2D eigenvalue weighted by Crippen LogP contribution is -2.62. The summed E-state index contributed by atoms with van der Waals surface area (Å²) in [6.07, 6.45) is 3.18. The van der Waals surface area contributed by atoms with Crippen LogP contribution in [0.2, 0.25) is 0 Å². The number of hydrogen-bond donors (Lipinski definition) is 1. The van der Waals surface area contributed by atoms with E-state index in [2.05, 4.69) is 12.2 Å². The van der Waals surface area contributed by atoms with Crippen molar-refractivity contribution < 1.29 is 9.59 Å². The fourth-order valence-corrected chi connectivity index (χ4v) is 2.42. The Bertz CT molecular complexity index is 289. The molecule has 17 heavy (non-hydrogen) atoms. The lowest BCUT2D eigenvalue weighted by molar-refractivity contribution is -0.150. The van der Waals surface area contributed by atoms with Crippen LogP contribution in [0.5, 0.6) is 0 Å². The molecule has 2 amide bonds. The van der Waals surface area contributed by atoms with Crippen molar-refractivity contribution in [1.29, 1.82) is 0 Å². The van der Waals surface area contributed by atoms with Crippen molar-refractivity contribution in [2.45, 2.75) is 59.0 Å². The van der Waals surface area contributed by atoms with Crippen molar-refractivity contribution in [3.63, 3.8) is 0 Å². The minimum Gasteiger partial charge on any atom is -0.345 e. The van der Waals surface area contributed by atoms with Gasteiger partial charge in [-0.3, -0.25) is 9.59 Å². The van der Waals surface area contributed by atoms with Crippen molar-refractivity contribution >= 4 is 11.8 Å². The number of rotatable bonds is 5. The monoisotopic (exact) mass is 240 g/mol. The molecule has 1 aliphatic heterocycles. The van der Waals surface area contributed by atoms with E-state index in [0.717, 1.165) is 19.3 Å². The summed E-state index contributed by atoms with van der Waals surface area (Å²) in [5.74, 6) is 0.193. The normalized spacial score (nSPS) is 22.9. The van der Waals surface area contributed by atoms with Crippen molar-refractivity contribution in [3.8, 4) is 0 Å². The van der Waals surface area contributed by atoms with Gasteiger partial charge < -0.3 is 10.2 Å². The van der Waals surface area contributed by atoms with Crippen LogP contribution in [0.3, 0.4) is 0 Å². The summed E-state index contributed by atoms with van der Waals surface area (Å²) in [5, 5.41) is 2.67. The largest absolute Gasteiger partial charge is 0.345 e. The van der Waals surface area contributed by atoms with E-state index in [0.29, 0.717) is 0 Å². The van der Waals surface area contributed by atoms with Gasteiger partial charge in [-0.1, -0.05) is 33.6 Å². The minimum absolute atomic E-state index is 0.0112. The summed E-state index contributed by atoms with van der Waals surface area (Å²) >= 11 is 0. The van der Waals surface area contributed by atoms with Gasteiger partial charge in [0.25, 0.3) is 0 Å². The molecule has 0 spiro atoms. The minimum atomic E-state index is -0.303. The third-order valence-corrected chi connectivity index (χ3v) is 3.35. The zero-order valence-electron chi connectivity index (χ0n) is 11.3. The number of nitrogens with zero attached hydrogens (tertiary/aromatic N) is 1. The lowest BCUT2D eigenvalue weighted by atomic mass is 9.96. The van der Waals surface area contributed by atoms with Gasteiger partial charge in [0.1, 0.15) is 6.04 Å². The molecule has 0 saturated carbocycles. The molecule has 1 rings (SSSR count). The van der Waals surface area contributed by atoms with Gasteiger partial charge in [0.05, 0.1) is 6.54 Å². The van der Waals surface area contributed by atoms with Crippen LogP contribution < -0.4 is 5.32 Å². The van der Waals surface area contributed by atoms with Gasteiger partial charge in [-0.2, -0.15) is 0 Å². The quantitative estimate of drug-likeness (QED) is 0.792. The Morgan fingerprint density at radius 2 is 2.00 bits per heavy atom. The standard InChI is InChI=1S/C13H24N2O2/c1-5-6-7-10(4)15-11(16)8-14-13(17)12(15)9(2)3/h9-10,12H,5-8H2,1-4H3,(H,14,17). The summed E-state index contributed by atoms with van der Waals surface area (Å²) < 4.78 is 0. The molecule has 2 atom stereocenters. The number of piperazine rings is 1. The highest BCUT2D eigenvalue weighted by Crippen LogP contribution is 2.20. The molecule has 1 N–H and O–H groups in total. The van der Waals surface area contributed by atoms with Gasteiger partial charge in [0.2, 0.25) is 11.8 Å². The third kappa shape index (κ3) is 3.20. The zero-order valence-corrected chi connectivity index (χ0v) is 11.3. The number of amides is 2. The molecule has 2 unspecified atom stereocenters. The fraction of sp³-hybridized carbons (Fsp3) is 0.846. The van der Waals surface area contributed by atoms with E-state index in [1.807, 2.05) is 20.8 Å². The first kappa shape index (κ1) is 14.0. The molecular formula is C13H24N2O2. The summed E-state index contributed by atoms with van der Waals surface area (Å²) in [6.45, 7) is 8.31. The molecule has 1 aliphatic rings. The average molecular weight is 240 g/mol. The van der Waals surface area contributed by atoms with Gasteiger partial charge in [0.15, 0.2) is 0 Å². The summed E-state index contributed by atoms with van der Waals surface area (Å²) in [5.41, 5.74) is 0. The highest BCUT2D eigenvalue weighted by atomic mass is 16.2. The Morgan fingerprint density at radius 1 is 1.35 bits per heavy atom. The maximum atomic E-state index is 12.0. The summed E-state index contributed by atoms with van der Waals surface area (Å²) in [6, 6.07) is -0.149. The maximum Gasteiger partial charge on any atom is 0.243 e. The van der Waals surface area contributed by atoms with E-state index < -0.39 is 0 Å². The van der Waals surface area contributed by atoms with E-state index >= 15 is 0 Å². The number of hydrogen-bond acceptors (Lipinski definition) is 2. The number of unbranched alkanes of at least 4 members (excludes halogenated alkanes) is 1. The molecule has 0 aromatic carbocycles. The van der Waals surface area contributed by atoms with Gasteiger partial charge in [-0.15, -0.1) is 0 Å². The molecule has 0 radical (unpaired) electrons. The van der Waals surface area contributed by atoms with Crippen LogP contribution >= 0.6 is 0 Å². The molecule has 1 saturated heterocycles. The first-order valence-electron chi connectivity index (χ1n) is 6.57. The van der Waals surface area contributed by atoms with Crippen molar-refractivity contribution in [3.05, 3.63) is 0 Å². The zero-order chi connectivity index (χ0) is 13.0. The second kappa shape index (κ2) is 6.03. The first-order valence-corrected chi connectivity index (χ1v) is 6.57. The molecular weight excluding hydrogens is 216 g/mol. The molecule has 0 bridgehead atoms. The Labute approximate surface area is 104 Å². The van der Waals surface area contributed by atoms with Gasteiger partial charge in [0, 0.05) is 6.04 Å². The predicted octanol–water partition coefficient (Wildman–Crippen LogP) is 1.55. The Kier molecular flexibility index (Phi) is 4.97. The highest BCUT2D eigenvalue weighted by molar-refractivity contribution is 5.95. The number of carbonyl (C=O) groups excluding carboxylic acids is 2. The molecule has 98 valence electrons. The lowest BCUT2D eigenvalue weighted by Gasteiger charge is -2.41. The number of carbonyl (C=O) groups is 2. The topological polar surface area (TPSA) is 49.4 Å². The molecule has 4 heteroatoms. The Morgan fingerprint density at radius 3 is 2.53 bits per heavy atom. The Hall–Kier alpha value is -1.06. The summed E-state index contributed by atoms with van der Waals surface area (Å²) in [4.78, 5) is 25.6. The smallest absolute Gasteiger partial charge is 0.243 e. The molecule has 1 heterocycles. The third-order valence-electron chi connectivity index (χ3n) is 3.35. The first-order chi connectivity index (χ1) is 7.99. The van der Waals surface area contributed by atoms with Gasteiger partial charge in [-0.05, 0) is 19.3 Å². The summed E-state index contributed by atoms with van der Waals surface area (Å²) in [7, 11) is 0. The van der Waals surface area contributed by atoms with Crippen molar-refractivity contribution in [1.82, 2.24) is 10.2 Å². The van der Waals surface area contributed by atoms with Crippen LogP contribution in [-0.2, 0) is 9.59 Å². The predicted molar refractivity (Wildman–Crippen MR) is 67.5 cm³/mol. The van der Waals surface area contributed by atoms with Gasteiger partial charge >= 0.3 is 0 Å². The van der Waals surface area contributed by atoms with Crippen LogP contribution in [-0.4, -0.2) is 35.3 Å². The number of nitrogens with one attached hydrogen (secondary N) is 1. The van der Waals surface area contributed by atoms with E-state index in [1.54, 1.807) is 4.90 Å². The van der Waals surface area contributed by atoms with Crippen LogP contribution in [0.15, 0.2) is 0 Å². The fourth-order valence-electron chi connectivity index (χ4n) is 2.42. The SMILES string of the molecule is CCCCC(C)N1C(=O)CNC(=O)C1C(C)C. The molecule has 0 aromatic heterocycles. The van der Waals surface area contributed by atoms with Gasteiger partial charge in [-0.25, -0.2) is 0 Å². The van der Waals surface area contributed by atoms with E-state index in [-0.39, 0.29) is 36.4 Å². The van der Waals surface area contributed by atoms with Crippen LogP contribution in [0.25, 0.3) is 0 Å². The molecule has 0 aromatic rings. The van der Waals surface area contributed by atoms with E-state index in [1.165, 1.54) is 0 Å². The Balaban J connectivity index is 2.81. The van der Waals surface area contributed by atoms with E-state index in [4.69, 9.17) is 0 Å². The van der Waals surface area contributed by atoms with Crippen LogP contribution in [0.4, 0.5) is 0 Å². The molecule has 1 fully saturated rings. The van der Waals surface area contributed by atoms with E-state index in [9.17, 15) is 9.59 Å². The highest BCUT2D eigenvalue weighted by Gasteiger charge is 2.38. The second-order valence-corrected chi connectivity index (χ2v) is 5.20. The second-order valence-electron chi connectivity index (χ2n) is 5.20. The van der Waals surface area contributed by atoms with Crippen molar-refractivity contribution in [2.75, 3.05) is 6.54 Å². The average Bonchev–Trinajstić information content (AvgIpc) is 2.28. The van der Waals surface area contributed by atoms with Crippen LogP contribution in [0, 0.1) is 5.92 Å². The molecule has 4 nitrogen and oxygen atoms in total. The maximum absolute atomic E-state index is 12.0. The van der Waals surface area contributed by atoms with Crippen LogP contribution in [0.1, 0.15) is 47.0 Å². The molecule has 0 aliphatic carbocycles. The van der Waals surface area contributed by atoms with Crippen molar-refractivity contribution in [2.24, 2.45) is 5.92 Å².